The summed E-state index contributed by atoms with van der Waals surface area (Å²) in [4.78, 5) is 19.4. The molecule has 3 aromatic rings. The van der Waals surface area contributed by atoms with E-state index in [0.717, 1.165) is 35.4 Å². The second-order valence-corrected chi connectivity index (χ2v) is 6.09. The zero-order chi connectivity index (χ0) is 17.1. The van der Waals surface area contributed by atoms with Crippen molar-refractivity contribution in [2.45, 2.75) is 39.3 Å². The molecule has 0 aliphatic rings. The highest BCUT2D eigenvalue weighted by atomic mass is 16.2. The van der Waals surface area contributed by atoms with Crippen LogP contribution in [-0.4, -0.2) is 37.6 Å². The van der Waals surface area contributed by atoms with Crippen LogP contribution in [0.5, 0.6) is 0 Å². The number of amides is 1. The summed E-state index contributed by atoms with van der Waals surface area (Å²) in [6, 6.07) is 9.57. The van der Waals surface area contributed by atoms with Gasteiger partial charge in [-0.05, 0) is 31.5 Å². The molecule has 1 N–H and O–H groups in total. The van der Waals surface area contributed by atoms with Crippen LogP contribution in [0, 0.1) is 0 Å². The molecule has 6 heteroatoms. The van der Waals surface area contributed by atoms with E-state index in [-0.39, 0.29) is 11.9 Å². The average Bonchev–Trinajstić information content (AvgIpc) is 3.20. The third kappa shape index (κ3) is 3.04. The number of nitrogens with zero attached hydrogens (tertiary/aromatic N) is 4. The van der Waals surface area contributed by atoms with Crippen molar-refractivity contribution < 1.29 is 4.79 Å². The molecule has 1 aromatic carbocycles. The summed E-state index contributed by atoms with van der Waals surface area (Å²) in [5, 5.41) is 6.83. The van der Waals surface area contributed by atoms with Crippen LogP contribution in [0.25, 0.3) is 11.0 Å². The minimum Gasteiger partial charge on any atom is -0.338 e. The number of aryl methyl sites for hydroxylation is 1. The Kier molecular flexibility index (Phi) is 4.64. The maximum absolute atomic E-state index is 12.9. The Labute approximate surface area is 141 Å². The third-order valence-electron chi connectivity index (χ3n) is 4.23. The molecule has 0 unspecified atom stereocenters. The molecular weight excluding hydrogens is 302 g/mol. The van der Waals surface area contributed by atoms with Crippen molar-refractivity contribution in [2.75, 3.05) is 7.05 Å². The molecule has 0 spiro atoms. The van der Waals surface area contributed by atoms with E-state index in [4.69, 9.17) is 4.98 Å². The molecule has 1 atom stereocenters. The minimum absolute atomic E-state index is 0.0603. The predicted octanol–water partition coefficient (Wildman–Crippen LogP) is 2.93. The second-order valence-electron chi connectivity index (χ2n) is 6.09. The van der Waals surface area contributed by atoms with Gasteiger partial charge in [-0.1, -0.05) is 19.1 Å². The highest BCUT2D eigenvalue weighted by Crippen LogP contribution is 2.23. The van der Waals surface area contributed by atoms with Gasteiger partial charge in [0.2, 0.25) is 5.91 Å². The maximum Gasteiger partial charge on any atom is 0.245 e. The number of fused-ring (bicyclic) bond motifs is 1. The molecule has 6 nitrogen and oxygen atoms in total. The standard InChI is InChI=1S/C18H23N5O/c1-4-7-17-20-15-8-5-6-9-16(15)23(17)13(2)18(24)22(3)12-14-10-11-19-21-14/h5-6,8-11,13H,4,7,12H2,1-3H3,(H,19,21)/t13-/m1/s1. The molecule has 24 heavy (non-hydrogen) atoms. The lowest BCUT2D eigenvalue weighted by molar-refractivity contribution is -0.133. The third-order valence-corrected chi connectivity index (χ3v) is 4.23. The van der Waals surface area contributed by atoms with Gasteiger partial charge in [0.05, 0.1) is 23.3 Å². The average molecular weight is 325 g/mol. The van der Waals surface area contributed by atoms with Gasteiger partial charge in [0, 0.05) is 19.7 Å². The van der Waals surface area contributed by atoms with Crippen LogP contribution in [-0.2, 0) is 17.8 Å². The Balaban J connectivity index is 1.90. The Morgan fingerprint density at radius 1 is 1.33 bits per heavy atom. The number of hydrogen-bond donors (Lipinski definition) is 1. The van der Waals surface area contributed by atoms with Crippen molar-refractivity contribution in [2.24, 2.45) is 0 Å². The SMILES string of the molecule is CCCc1nc2ccccc2n1[C@H](C)C(=O)N(C)Cc1ccn[nH]1. The van der Waals surface area contributed by atoms with Gasteiger partial charge in [-0.25, -0.2) is 4.98 Å². The Bertz CT molecular complexity index is 821. The number of rotatable bonds is 6. The molecule has 3 rings (SSSR count). The number of para-hydroxylation sites is 2. The molecule has 0 aliphatic heterocycles. The number of carbonyl (C=O) groups excluding carboxylic acids is 1. The Morgan fingerprint density at radius 3 is 2.83 bits per heavy atom. The van der Waals surface area contributed by atoms with Gasteiger partial charge in [-0.2, -0.15) is 5.10 Å². The fourth-order valence-electron chi connectivity index (χ4n) is 3.06. The lowest BCUT2D eigenvalue weighted by atomic mass is 10.2. The van der Waals surface area contributed by atoms with E-state index in [9.17, 15) is 4.79 Å². The monoisotopic (exact) mass is 325 g/mol. The smallest absolute Gasteiger partial charge is 0.245 e. The number of aromatic nitrogens is 4. The zero-order valence-electron chi connectivity index (χ0n) is 14.4. The van der Waals surface area contributed by atoms with E-state index < -0.39 is 0 Å². The van der Waals surface area contributed by atoms with Crippen LogP contribution >= 0.6 is 0 Å². The van der Waals surface area contributed by atoms with E-state index in [1.165, 1.54) is 0 Å². The van der Waals surface area contributed by atoms with Crippen molar-refractivity contribution in [3.63, 3.8) is 0 Å². The van der Waals surface area contributed by atoms with Gasteiger partial charge < -0.3 is 9.47 Å². The number of likely N-dealkylation sites (N-methyl/N-ethyl adjacent to an activating group) is 1. The zero-order valence-corrected chi connectivity index (χ0v) is 14.4. The first-order chi connectivity index (χ1) is 11.6. The molecule has 0 radical (unpaired) electrons. The summed E-state index contributed by atoms with van der Waals surface area (Å²) in [7, 11) is 1.82. The molecule has 0 bridgehead atoms. The first kappa shape index (κ1) is 16.2. The quantitative estimate of drug-likeness (QED) is 0.758. The number of carbonyl (C=O) groups is 1. The summed E-state index contributed by atoms with van der Waals surface area (Å²) in [6.45, 7) is 4.58. The topological polar surface area (TPSA) is 66.8 Å². The normalized spacial score (nSPS) is 12.5. The van der Waals surface area contributed by atoms with Gasteiger partial charge in [0.15, 0.2) is 0 Å². The van der Waals surface area contributed by atoms with Crippen LogP contribution in [0.4, 0.5) is 0 Å². The van der Waals surface area contributed by atoms with Crippen LogP contribution in [0.15, 0.2) is 36.5 Å². The van der Waals surface area contributed by atoms with Crippen molar-refractivity contribution >= 4 is 16.9 Å². The molecule has 2 heterocycles. The minimum atomic E-state index is -0.299. The Hall–Kier alpha value is -2.63. The van der Waals surface area contributed by atoms with E-state index >= 15 is 0 Å². The number of aromatic amines is 1. The van der Waals surface area contributed by atoms with Gasteiger partial charge >= 0.3 is 0 Å². The predicted molar refractivity (Wildman–Crippen MR) is 93.5 cm³/mol. The lowest BCUT2D eigenvalue weighted by Crippen LogP contribution is -2.33. The summed E-state index contributed by atoms with van der Waals surface area (Å²) >= 11 is 0. The maximum atomic E-state index is 12.9. The van der Waals surface area contributed by atoms with Crippen LogP contribution in [0.1, 0.15) is 37.8 Å². The van der Waals surface area contributed by atoms with Gasteiger partial charge in [0.25, 0.3) is 0 Å². The molecule has 0 saturated heterocycles. The molecule has 1 amide bonds. The molecule has 2 aromatic heterocycles. The molecule has 126 valence electrons. The first-order valence-electron chi connectivity index (χ1n) is 8.31. The second kappa shape index (κ2) is 6.86. The summed E-state index contributed by atoms with van der Waals surface area (Å²) < 4.78 is 2.07. The van der Waals surface area contributed by atoms with Crippen LogP contribution < -0.4 is 0 Å². The van der Waals surface area contributed by atoms with Gasteiger partial charge in [-0.15, -0.1) is 0 Å². The van der Waals surface area contributed by atoms with Crippen LogP contribution in [0.2, 0.25) is 0 Å². The highest BCUT2D eigenvalue weighted by Gasteiger charge is 2.24. The molecule has 0 fully saturated rings. The van der Waals surface area contributed by atoms with Gasteiger partial charge in [0.1, 0.15) is 11.9 Å². The van der Waals surface area contributed by atoms with E-state index in [1.807, 2.05) is 44.3 Å². The molecule has 0 saturated carbocycles. The first-order valence-corrected chi connectivity index (χ1v) is 8.31. The summed E-state index contributed by atoms with van der Waals surface area (Å²) in [5.74, 6) is 1.03. The number of nitrogens with one attached hydrogen (secondary N) is 1. The van der Waals surface area contributed by atoms with E-state index in [0.29, 0.717) is 6.54 Å². The summed E-state index contributed by atoms with van der Waals surface area (Å²) in [6.07, 6.45) is 3.55. The summed E-state index contributed by atoms with van der Waals surface area (Å²) in [5.41, 5.74) is 2.87. The molecule has 0 aliphatic carbocycles. The fourth-order valence-corrected chi connectivity index (χ4v) is 3.06. The van der Waals surface area contributed by atoms with Crippen molar-refractivity contribution in [1.82, 2.24) is 24.6 Å². The Morgan fingerprint density at radius 2 is 2.12 bits per heavy atom. The number of benzene rings is 1. The van der Waals surface area contributed by atoms with Crippen LogP contribution in [0.3, 0.4) is 0 Å². The van der Waals surface area contributed by atoms with E-state index in [2.05, 4.69) is 21.7 Å². The highest BCUT2D eigenvalue weighted by molar-refractivity contribution is 5.84. The number of H-pyrrole nitrogens is 1. The largest absolute Gasteiger partial charge is 0.338 e. The fraction of sp³-hybridized carbons (Fsp3) is 0.389. The number of hydrogen-bond acceptors (Lipinski definition) is 3. The lowest BCUT2D eigenvalue weighted by Gasteiger charge is -2.23. The molecular formula is C18H23N5O. The van der Waals surface area contributed by atoms with Gasteiger partial charge in [-0.3, -0.25) is 9.89 Å². The van der Waals surface area contributed by atoms with E-state index in [1.54, 1.807) is 11.1 Å². The van der Waals surface area contributed by atoms with Crippen molar-refractivity contribution in [1.29, 1.82) is 0 Å². The number of imidazole rings is 1. The van der Waals surface area contributed by atoms with Crippen molar-refractivity contribution in [3.8, 4) is 0 Å². The van der Waals surface area contributed by atoms with Crippen molar-refractivity contribution in [3.05, 3.63) is 48.0 Å².